The van der Waals surface area contributed by atoms with E-state index in [1.165, 1.54) is 16.5 Å². The molecule has 0 aromatic heterocycles. The summed E-state index contributed by atoms with van der Waals surface area (Å²) < 4.78 is 0. The van der Waals surface area contributed by atoms with Gasteiger partial charge < -0.3 is 47.0 Å². The summed E-state index contributed by atoms with van der Waals surface area (Å²) in [6, 6.07) is 9.44. The summed E-state index contributed by atoms with van der Waals surface area (Å²) in [5.74, 6) is -2.50. The van der Waals surface area contributed by atoms with Crippen LogP contribution >= 0.6 is 24.8 Å². The van der Waals surface area contributed by atoms with Gasteiger partial charge in [-0.15, -0.1) is 24.8 Å². The first-order valence-electron chi connectivity index (χ1n) is 22.3. The quantitative estimate of drug-likeness (QED) is 0.148. The van der Waals surface area contributed by atoms with Crippen molar-refractivity contribution in [3.63, 3.8) is 0 Å². The molecule has 7 amide bonds. The third-order valence-corrected chi connectivity index (χ3v) is 12.6. The Balaban J connectivity index is 0.00000561. The van der Waals surface area contributed by atoms with Gasteiger partial charge >= 0.3 is 0 Å². The summed E-state index contributed by atoms with van der Waals surface area (Å²) in [6.07, 6.45) is 3.23. The molecule has 1 aliphatic carbocycles. The topological polar surface area (TPSA) is 210 Å². The van der Waals surface area contributed by atoms with Crippen LogP contribution in [0.3, 0.4) is 0 Å². The highest BCUT2D eigenvalue weighted by Gasteiger charge is 2.46. The molecule has 0 radical (unpaired) electrons. The van der Waals surface area contributed by atoms with Gasteiger partial charge in [-0.05, 0) is 100 Å². The molecule has 16 nitrogen and oxygen atoms in total. The van der Waals surface area contributed by atoms with Crippen LogP contribution in [-0.4, -0.2) is 127 Å². The van der Waals surface area contributed by atoms with E-state index < -0.39 is 64.8 Å². The van der Waals surface area contributed by atoms with Gasteiger partial charge in [0.1, 0.15) is 18.1 Å². The van der Waals surface area contributed by atoms with Crippen molar-refractivity contribution in [2.45, 2.75) is 136 Å². The molecular weight excluding hydrogens is 873 g/mol. The Bertz CT molecular complexity index is 2040. The van der Waals surface area contributed by atoms with Crippen LogP contribution in [0, 0.1) is 10.8 Å². The number of carbonyl (C=O) groups excluding carboxylic acids is 7. The minimum absolute atomic E-state index is 0. The largest absolute Gasteiger partial charge is 0.347 e. The number of halogens is 2. The Hall–Kier alpha value is -4.77. The third-order valence-electron chi connectivity index (χ3n) is 12.6. The monoisotopic (exact) mass is 943 g/mol. The zero-order valence-corrected chi connectivity index (χ0v) is 41.1. The van der Waals surface area contributed by atoms with Gasteiger partial charge in [-0.25, -0.2) is 0 Å². The van der Waals surface area contributed by atoms with Gasteiger partial charge in [0.05, 0.1) is 18.1 Å². The van der Waals surface area contributed by atoms with Gasteiger partial charge in [0.2, 0.25) is 29.5 Å². The van der Waals surface area contributed by atoms with Crippen LogP contribution in [0.1, 0.15) is 119 Å². The predicted octanol–water partition coefficient (Wildman–Crippen LogP) is 3.03. The second-order valence-corrected chi connectivity index (χ2v) is 19.5. The standard InChI is InChI=1S/C47H69N9O7.2ClH/c1-27(48-9)39(57)53-37(46(3,4)5)44(62)55-22-21-32(25-55)50-41(59)30-17-13-18-31(23-30)42(60)51-33-24-36(43(61)52-35-20-14-16-29-15-11-12-19-34(29)35)56(26-33)45(63)38(47(6,7)8)54-40(58)28(2)49-10;;/h11-13,15,17-19,23,27-28,32-33,35-38,48-49H,14,16,20-22,24-26H2,1-10H3,(H,50,59)(H,51,60)(H,52,61)(H,53,57)(H,54,58);2*1H/t27-,28-,32-,33-,35+,36-,37+,38+;;/m0../s1. The maximum Gasteiger partial charge on any atom is 0.251 e. The third kappa shape index (κ3) is 13.6. The number of rotatable bonds is 14. The van der Waals surface area contributed by atoms with Crippen molar-refractivity contribution in [3.8, 4) is 0 Å². The van der Waals surface area contributed by atoms with Gasteiger partial charge in [-0.3, -0.25) is 33.6 Å². The molecule has 2 saturated heterocycles. The second kappa shape index (κ2) is 23.1. The summed E-state index contributed by atoms with van der Waals surface area (Å²) in [5.41, 5.74) is 1.43. The molecule has 2 heterocycles. The van der Waals surface area contributed by atoms with E-state index in [4.69, 9.17) is 0 Å². The Morgan fingerprint density at radius 3 is 1.75 bits per heavy atom. The molecule has 2 aromatic carbocycles. The fourth-order valence-electron chi connectivity index (χ4n) is 8.46. The van der Waals surface area contributed by atoms with Gasteiger partial charge in [0.25, 0.3) is 11.8 Å². The summed E-state index contributed by atoms with van der Waals surface area (Å²) in [6.45, 7) is 15.4. The number of nitrogens with one attached hydrogen (secondary N) is 7. The average molecular weight is 945 g/mol. The zero-order valence-electron chi connectivity index (χ0n) is 39.5. The highest BCUT2D eigenvalue weighted by molar-refractivity contribution is 6.00. The molecule has 65 heavy (non-hydrogen) atoms. The number of fused-ring (bicyclic) bond motifs is 1. The van der Waals surface area contributed by atoms with E-state index in [0.29, 0.717) is 13.0 Å². The van der Waals surface area contributed by atoms with E-state index in [1.54, 1.807) is 51.0 Å². The molecule has 18 heteroatoms. The van der Waals surface area contributed by atoms with E-state index in [2.05, 4.69) is 43.3 Å². The molecule has 360 valence electrons. The second-order valence-electron chi connectivity index (χ2n) is 19.5. The lowest BCUT2D eigenvalue weighted by molar-refractivity contribution is -0.144. The molecular formula is C47H71Cl2N9O7. The zero-order chi connectivity index (χ0) is 46.4. The number of amides is 7. The fraction of sp³-hybridized carbons (Fsp3) is 0.596. The average Bonchev–Trinajstić information content (AvgIpc) is 3.90. The lowest BCUT2D eigenvalue weighted by Crippen LogP contribution is -2.59. The lowest BCUT2D eigenvalue weighted by atomic mass is 9.85. The number of carbonyl (C=O) groups is 7. The summed E-state index contributed by atoms with van der Waals surface area (Å²) in [4.78, 5) is 98.9. The molecule has 0 unspecified atom stereocenters. The number of likely N-dealkylation sites (tertiary alicyclic amines) is 2. The first-order chi connectivity index (χ1) is 29.6. The van der Waals surface area contributed by atoms with Crippen LogP contribution in [0.4, 0.5) is 0 Å². The van der Waals surface area contributed by atoms with Crippen LogP contribution in [0.2, 0.25) is 0 Å². The molecule has 0 spiro atoms. The number of hydrogen-bond donors (Lipinski definition) is 7. The molecule has 2 fully saturated rings. The van der Waals surface area contributed by atoms with Gasteiger partial charge in [0.15, 0.2) is 0 Å². The van der Waals surface area contributed by atoms with Crippen molar-refractivity contribution in [2.75, 3.05) is 33.7 Å². The Kier molecular flexibility index (Phi) is 19.4. The lowest BCUT2D eigenvalue weighted by Gasteiger charge is -2.36. The van der Waals surface area contributed by atoms with Crippen molar-refractivity contribution >= 4 is 66.2 Å². The molecule has 0 bridgehead atoms. The smallest absolute Gasteiger partial charge is 0.251 e. The van der Waals surface area contributed by atoms with Crippen molar-refractivity contribution in [1.29, 1.82) is 0 Å². The van der Waals surface area contributed by atoms with Crippen molar-refractivity contribution < 1.29 is 33.6 Å². The first kappa shape index (κ1) is 54.6. The SMILES string of the molecule is CN[C@@H](C)C(=O)N[C@H](C(=O)N1CC[C@H](NC(=O)c2cccc(C(=O)N[C@H]3C[C@@H](C(=O)N[C@@H]4CCCc5ccccc54)N(C(=O)[C@@H](NC(=O)[C@H](C)NC)C(C)(C)C)C3)c2)C1)C(C)(C)C.Cl.Cl. The van der Waals surface area contributed by atoms with Crippen molar-refractivity contribution in [3.05, 3.63) is 70.8 Å². The number of aryl methyl sites for hydroxylation is 1. The van der Waals surface area contributed by atoms with Crippen LogP contribution < -0.4 is 37.2 Å². The van der Waals surface area contributed by atoms with E-state index in [-0.39, 0.29) is 91.2 Å². The van der Waals surface area contributed by atoms with E-state index in [9.17, 15) is 33.6 Å². The van der Waals surface area contributed by atoms with Crippen LogP contribution in [-0.2, 0) is 30.4 Å². The first-order valence-corrected chi connectivity index (χ1v) is 22.3. The summed E-state index contributed by atoms with van der Waals surface area (Å²) in [5, 5.41) is 20.8. The van der Waals surface area contributed by atoms with Crippen LogP contribution in [0.15, 0.2) is 48.5 Å². The van der Waals surface area contributed by atoms with Crippen LogP contribution in [0.5, 0.6) is 0 Å². The van der Waals surface area contributed by atoms with Gasteiger partial charge in [0, 0.05) is 42.8 Å². The van der Waals surface area contributed by atoms with E-state index >= 15 is 0 Å². The molecule has 0 saturated carbocycles. The molecule has 5 rings (SSSR count). The molecule has 8 atom stereocenters. The van der Waals surface area contributed by atoms with Gasteiger partial charge in [-0.2, -0.15) is 0 Å². The van der Waals surface area contributed by atoms with E-state index in [0.717, 1.165) is 24.8 Å². The summed E-state index contributed by atoms with van der Waals surface area (Å²) >= 11 is 0. The van der Waals surface area contributed by atoms with E-state index in [1.807, 2.05) is 59.7 Å². The number of likely N-dealkylation sites (N-methyl/N-ethyl adjacent to an activating group) is 2. The molecule has 3 aliphatic rings. The predicted molar refractivity (Wildman–Crippen MR) is 255 cm³/mol. The molecule has 2 aromatic rings. The maximum atomic E-state index is 14.5. The van der Waals surface area contributed by atoms with Crippen LogP contribution in [0.25, 0.3) is 0 Å². The highest BCUT2D eigenvalue weighted by Crippen LogP contribution is 2.32. The van der Waals surface area contributed by atoms with Crippen molar-refractivity contribution in [2.24, 2.45) is 10.8 Å². The summed E-state index contributed by atoms with van der Waals surface area (Å²) in [7, 11) is 3.33. The Morgan fingerprint density at radius 2 is 1.20 bits per heavy atom. The number of benzene rings is 2. The fourth-order valence-corrected chi connectivity index (χ4v) is 8.46. The number of nitrogens with zero attached hydrogens (tertiary/aromatic N) is 2. The highest BCUT2D eigenvalue weighted by atomic mass is 35.5. The molecule has 7 N–H and O–H groups in total. The molecule has 2 aliphatic heterocycles. The maximum absolute atomic E-state index is 14.5. The van der Waals surface area contributed by atoms with Crippen molar-refractivity contribution in [1.82, 2.24) is 47.0 Å². The normalized spacial score (nSPS) is 21.2. The minimum Gasteiger partial charge on any atom is -0.347 e. The Labute approximate surface area is 396 Å². The van der Waals surface area contributed by atoms with Gasteiger partial charge in [-0.1, -0.05) is 71.9 Å². The number of hydrogen-bond acceptors (Lipinski definition) is 9. The minimum atomic E-state index is -0.964. The Morgan fingerprint density at radius 1 is 0.662 bits per heavy atom.